The highest BCUT2D eigenvalue weighted by atomic mass is 19.1. The molecule has 8 nitrogen and oxygen atoms in total. The minimum Gasteiger partial charge on any atom is -0.482 e. The van der Waals surface area contributed by atoms with Gasteiger partial charge in [0.15, 0.2) is 23.0 Å². The number of ether oxygens (including phenoxy) is 1. The van der Waals surface area contributed by atoms with Crippen LogP contribution in [-0.2, 0) is 11.4 Å². The summed E-state index contributed by atoms with van der Waals surface area (Å²) in [5.74, 6) is -2.98. The van der Waals surface area contributed by atoms with Crippen molar-refractivity contribution < 1.29 is 32.9 Å². The van der Waals surface area contributed by atoms with Gasteiger partial charge in [0.2, 0.25) is 0 Å². The largest absolute Gasteiger partial charge is 0.482 e. The summed E-state index contributed by atoms with van der Waals surface area (Å²) in [5.41, 5.74) is 0.00236. The summed E-state index contributed by atoms with van der Waals surface area (Å²) >= 11 is 0. The van der Waals surface area contributed by atoms with Gasteiger partial charge in [0.05, 0.1) is 11.1 Å². The molecule has 3 aromatic rings. The van der Waals surface area contributed by atoms with Crippen LogP contribution in [0.4, 0.5) is 4.39 Å². The number of carbonyl (C=O) groups is 3. The first-order valence-corrected chi connectivity index (χ1v) is 8.07. The lowest BCUT2D eigenvalue weighted by Crippen LogP contribution is -2.32. The quantitative estimate of drug-likeness (QED) is 0.626. The maximum Gasteiger partial charge on any atom is 0.385 e. The molecular formula is C19H11FN2O6. The van der Waals surface area contributed by atoms with Gasteiger partial charge >= 0.3 is 5.97 Å². The topological polar surface area (TPSA) is 98.9 Å². The Labute approximate surface area is 157 Å². The molecule has 0 saturated heterocycles. The van der Waals surface area contributed by atoms with Crippen LogP contribution in [0.1, 0.15) is 37.0 Å². The van der Waals surface area contributed by atoms with Crippen LogP contribution < -0.4 is 4.74 Å². The van der Waals surface area contributed by atoms with E-state index in [1.54, 1.807) is 18.2 Å². The molecule has 0 spiro atoms. The highest BCUT2D eigenvalue weighted by Gasteiger charge is 2.39. The molecule has 1 aromatic heterocycles. The number of carbonyl (C=O) groups excluding carboxylic acids is 3. The molecule has 0 aliphatic carbocycles. The molecule has 0 fully saturated rings. The van der Waals surface area contributed by atoms with Gasteiger partial charge in [-0.25, -0.2) is 9.18 Å². The van der Waals surface area contributed by atoms with Gasteiger partial charge in [-0.1, -0.05) is 34.5 Å². The second-order valence-electron chi connectivity index (χ2n) is 5.73. The van der Waals surface area contributed by atoms with Gasteiger partial charge in [-0.3, -0.25) is 9.59 Å². The normalized spacial score (nSPS) is 12.8. The van der Waals surface area contributed by atoms with E-state index in [0.29, 0.717) is 5.06 Å². The summed E-state index contributed by atoms with van der Waals surface area (Å²) in [4.78, 5) is 41.5. The molecule has 2 amide bonds. The third-order valence-electron chi connectivity index (χ3n) is 3.91. The summed E-state index contributed by atoms with van der Waals surface area (Å²) in [7, 11) is 0. The summed E-state index contributed by atoms with van der Waals surface area (Å²) in [6, 6.07) is 13.1. The third kappa shape index (κ3) is 3.09. The van der Waals surface area contributed by atoms with Gasteiger partial charge < -0.3 is 14.1 Å². The van der Waals surface area contributed by atoms with E-state index in [2.05, 4.69) is 5.16 Å². The average molecular weight is 382 g/mol. The molecule has 0 N–H and O–H groups in total. The summed E-state index contributed by atoms with van der Waals surface area (Å²) in [6.07, 6.45) is 0. The lowest BCUT2D eigenvalue weighted by molar-refractivity contribution is -0.0590. The van der Waals surface area contributed by atoms with Gasteiger partial charge in [-0.05, 0) is 24.3 Å². The predicted molar refractivity (Wildman–Crippen MR) is 89.6 cm³/mol. The Morgan fingerprint density at radius 2 is 1.68 bits per heavy atom. The monoisotopic (exact) mass is 382 g/mol. The number of para-hydroxylation sites is 1. The van der Waals surface area contributed by atoms with Gasteiger partial charge in [0.25, 0.3) is 11.8 Å². The molecule has 140 valence electrons. The first-order valence-electron chi connectivity index (χ1n) is 8.07. The molecule has 0 unspecified atom stereocenters. The number of halogens is 1. The number of benzene rings is 2. The van der Waals surface area contributed by atoms with Crippen LogP contribution in [-0.4, -0.2) is 28.0 Å². The number of rotatable bonds is 5. The second kappa shape index (κ2) is 6.95. The summed E-state index contributed by atoms with van der Waals surface area (Å²) in [6.45, 7) is -0.186. The smallest absolute Gasteiger partial charge is 0.385 e. The number of hydroxylamine groups is 2. The van der Waals surface area contributed by atoms with E-state index in [4.69, 9.17) is 14.1 Å². The van der Waals surface area contributed by atoms with Crippen molar-refractivity contribution in [2.24, 2.45) is 0 Å². The molecule has 0 bridgehead atoms. The van der Waals surface area contributed by atoms with Crippen molar-refractivity contribution in [1.29, 1.82) is 0 Å². The van der Waals surface area contributed by atoms with Crippen molar-refractivity contribution in [3.8, 4) is 5.75 Å². The molecular weight excluding hydrogens is 371 g/mol. The Bertz CT molecular complexity index is 1060. The number of hydrogen-bond donors (Lipinski definition) is 0. The van der Waals surface area contributed by atoms with E-state index in [-0.39, 0.29) is 34.9 Å². The molecule has 2 aromatic carbocycles. The molecule has 0 atom stereocenters. The molecule has 4 rings (SSSR count). The number of fused-ring (bicyclic) bond motifs is 1. The zero-order valence-corrected chi connectivity index (χ0v) is 14.1. The van der Waals surface area contributed by atoms with Crippen molar-refractivity contribution in [1.82, 2.24) is 10.2 Å². The molecule has 0 saturated carbocycles. The van der Waals surface area contributed by atoms with Gasteiger partial charge in [0.1, 0.15) is 6.61 Å². The van der Waals surface area contributed by atoms with Crippen LogP contribution in [0.5, 0.6) is 5.75 Å². The van der Waals surface area contributed by atoms with E-state index >= 15 is 0 Å². The van der Waals surface area contributed by atoms with Crippen LogP contribution in [0.3, 0.4) is 0 Å². The number of aromatic nitrogens is 1. The first kappa shape index (κ1) is 17.4. The van der Waals surface area contributed by atoms with E-state index < -0.39 is 23.6 Å². The van der Waals surface area contributed by atoms with Crippen molar-refractivity contribution in [2.45, 2.75) is 6.61 Å². The van der Waals surface area contributed by atoms with Gasteiger partial charge in [-0.15, -0.1) is 0 Å². The lowest BCUT2D eigenvalue weighted by Gasteiger charge is -2.11. The highest BCUT2D eigenvalue weighted by molar-refractivity contribution is 6.21. The first-order chi connectivity index (χ1) is 13.5. The van der Waals surface area contributed by atoms with Crippen LogP contribution in [0.2, 0.25) is 0 Å². The molecule has 28 heavy (non-hydrogen) atoms. The van der Waals surface area contributed by atoms with Crippen LogP contribution in [0.25, 0.3) is 0 Å². The Kier molecular flexibility index (Phi) is 4.32. The van der Waals surface area contributed by atoms with E-state index in [1.807, 2.05) is 0 Å². The third-order valence-corrected chi connectivity index (χ3v) is 3.91. The highest BCUT2D eigenvalue weighted by Crippen LogP contribution is 2.23. The minimum atomic E-state index is -1.06. The fraction of sp³-hybridized carbons (Fsp3) is 0.0526. The molecule has 9 heteroatoms. The van der Waals surface area contributed by atoms with E-state index in [0.717, 1.165) is 0 Å². The number of hydrogen-bond acceptors (Lipinski definition) is 7. The Morgan fingerprint density at radius 1 is 1.04 bits per heavy atom. The van der Waals surface area contributed by atoms with E-state index in [9.17, 15) is 18.8 Å². The second-order valence-corrected chi connectivity index (χ2v) is 5.73. The van der Waals surface area contributed by atoms with Crippen LogP contribution in [0.15, 0.2) is 59.1 Å². The molecule has 1 aliphatic rings. The Morgan fingerprint density at radius 3 is 2.36 bits per heavy atom. The maximum atomic E-state index is 13.5. The summed E-state index contributed by atoms with van der Waals surface area (Å²) < 4.78 is 23.7. The molecule has 2 heterocycles. The summed E-state index contributed by atoms with van der Waals surface area (Å²) in [5, 5.41) is 3.89. The van der Waals surface area contributed by atoms with Crippen molar-refractivity contribution in [3.63, 3.8) is 0 Å². The number of nitrogens with zero attached hydrogens (tertiary/aromatic N) is 2. The Balaban J connectivity index is 1.42. The zero-order valence-electron chi connectivity index (χ0n) is 14.1. The number of amides is 2. The molecule has 1 aliphatic heterocycles. The zero-order chi connectivity index (χ0) is 19.7. The van der Waals surface area contributed by atoms with E-state index in [1.165, 1.54) is 36.4 Å². The predicted octanol–water partition coefficient (Wildman–Crippen LogP) is 2.76. The van der Waals surface area contributed by atoms with Crippen molar-refractivity contribution in [3.05, 3.63) is 83.0 Å². The van der Waals surface area contributed by atoms with Crippen LogP contribution >= 0.6 is 0 Å². The fourth-order valence-corrected chi connectivity index (χ4v) is 2.57. The molecule has 0 radical (unpaired) electrons. The maximum absolute atomic E-state index is 13.5. The van der Waals surface area contributed by atoms with Crippen molar-refractivity contribution >= 4 is 17.8 Å². The average Bonchev–Trinajstić information content (AvgIpc) is 3.27. The van der Waals surface area contributed by atoms with Crippen LogP contribution in [0, 0.1) is 5.82 Å². The minimum absolute atomic E-state index is 0.00838. The van der Waals surface area contributed by atoms with Gasteiger partial charge in [-0.2, -0.15) is 0 Å². The standard InChI is InChI=1S/C19H11FN2O6/c20-14-7-3-4-8-16(14)26-10-11-9-15(21-27-11)19(25)28-22-17(23)12-5-1-2-6-13(12)18(22)24/h1-9H,10H2. The lowest BCUT2D eigenvalue weighted by atomic mass is 10.1. The Hall–Kier alpha value is -4.01. The fourth-order valence-electron chi connectivity index (χ4n) is 2.57. The van der Waals surface area contributed by atoms with Gasteiger partial charge in [0, 0.05) is 6.07 Å². The number of imide groups is 1. The SMILES string of the molecule is O=C(ON1C(=O)c2ccccc2C1=O)c1cc(COc2ccccc2F)on1. The van der Waals surface area contributed by atoms with Crippen molar-refractivity contribution in [2.75, 3.05) is 0 Å².